The molecule has 6 rings (SSSR count). The van der Waals surface area contributed by atoms with Gasteiger partial charge < -0.3 is 5.11 Å². The van der Waals surface area contributed by atoms with E-state index in [9.17, 15) is 9.90 Å². The average Bonchev–Trinajstić information content (AvgIpc) is 2.89. The van der Waals surface area contributed by atoms with Crippen LogP contribution in [0.5, 0.6) is 5.88 Å². The van der Waals surface area contributed by atoms with Gasteiger partial charge in [-0.2, -0.15) is 0 Å². The number of aromatic hydroxyl groups is 1. The number of nitrogens with zero attached hydrogens (tertiary/aromatic N) is 2. The van der Waals surface area contributed by atoms with Crippen molar-refractivity contribution in [1.29, 1.82) is 0 Å². The highest BCUT2D eigenvalue weighted by Gasteiger charge is 2.38. The van der Waals surface area contributed by atoms with E-state index in [-0.39, 0.29) is 17.6 Å². The fourth-order valence-corrected chi connectivity index (χ4v) is 4.41. The summed E-state index contributed by atoms with van der Waals surface area (Å²) in [5.74, 6) is 0.467. The molecule has 3 aliphatic rings. The Morgan fingerprint density at radius 3 is 2.43 bits per heavy atom. The zero-order valence-corrected chi connectivity index (χ0v) is 12.8. The van der Waals surface area contributed by atoms with Crippen molar-refractivity contribution in [2.45, 2.75) is 37.6 Å². The molecule has 0 radical (unpaired) electrons. The average molecular weight is 306 g/mol. The van der Waals surface area contributed by atoms with Crippen LogP contribution in [0, 0.1) is 0 Å². The van der Waals surface area contributed by atoms with Gasteiger partial charge in [0.2, 0.25) is 5.88 Å². The van der Waals surface area contributed by atoms with Gasteiger partial charge in [0.25, 0.3) is 0 Å². The summed E-state index contributed by atoms with van der Waals surface area (Å²) < 4.78 is 3.33. The molecule has 1 saturated carbocycles. The molecule has 2 aliphatic heterocycles. The second kappa shape index (κ2) is 4.51. The van der Waals surface area contributed by atoms with Crippen LogP contribution in [0.25, 0.3) is 16.5 Å². The van der Waals surface area contributed by atoms with Gasteiger partial charge in [-0.25, -0.2) is 9.36 Å². The Labute approximate surface area is 133 Å². The lowest BCUT2D eigenvalue weighted by Gasteiger charge is -2.36. The van der Waals surface area contributed by atoms with Crippen molar-refractivity contribution in [2.75, 3.05) is 0 Å². The van der Waals surface area contributed by atoms with Crippen LogP contribution in [0.2, 0.25) is 0 Å². The zero-order valence-electron chi connectivity index (χ0n) is 12.8. The predicted molar refractivity (Wildman–Crippen MR) is 89.4 cm³/mol. The van der Waals surface area contributed by atoms with Crippen LogP contribution in [0.15, 0.2) is 47.3 Å². The van der Waals surface area contributed by atoms with E-state index in [0.717, 1.165) is 47.8 Å². The number of hydrogen-bond donors (Lipinski definition) is 1. The first kappa shape index (κ1) is 13.0. The lowest BCUT2D eigenvalue weighted by molar-refractivity contribution is 0.249. The highest BCUT2D eigenvalue weighted by molar-refractivity contribution is 5.84. The summed E-state index contributed by atoms with van der Waals surface area (Å²) in [6, 6.07) is 14.2. The molecule has 1 aliphatic carbocycles. The van der Waals surface area contributed by atoms with E-state index in [1.807, 2.05) is 47.0 Å². The van der Waals surface area contributed by atoms with E-state index >= 15 is 0 Å². The number of aromatic nitrogens is 2. The molecule has 1 fully saturated rings. The van der Waals surface area contributed by atoms with E-state index in [0.29, 0.717) is 5.92 Å². The smallest absolute Gasteiger partial charge is 0.336 e. The molecule has 4 heteroatoms. The van der Waals surface area contributed by atoms with Gasteiger partial charge in [0.15, 0.2) is 0 Å². The van der Waals surface area contributed by atoms with Crippen molar-refractivity contribution in [2.24, 2.45) is 0 Å². The molecule has 3 aromatic rings. The van der Waals surface area contributed by atoms with Crippen LogP contribution < -0.4 is 5.69 Å². The number of benzene rings is 2. The molecule has 0 unspecified atom stereocenters. The van der Waals surface area contributed by atoms with Gasteiger partial charge in [0, 0.05) is 12.0 Å². The molecular formula is C19H18N2O2. The van der Waals surface area contributed by atoms with E-state index in [4.69, 9.17) is 0 Å². The third-order valence-electron chi connectivity index (χ3n) is 5.54. The lowest BCUT2D eigenvalue weighted by atomic mass is 9.80. The van der Waals surface area contributed by atoms with Crippen molar-refractivity contribution >= 4 is 10.8 Å². The fraction of sp³-hybridized carbons (Fsp3) is 0.316. The first-order valence-electron chi connectivity index (χ1n) is 8.29. The lowest BCUT2D eigenvalue weighted by Crippen LogP contribution is -2.34. The summed E-state index contributed by atoms with van der Waals surface area (Å²) in [7, 11) is 0. The molecule has 2 aromatic carbocycles. The number of hydrogen-bond acceptors (Lipinski definition) is 2. The van der Waals surface area contributed by atoms with Crippen LogP contribution in [0.4, 0.5) is 0 Å². The summed E-state index contributed by atoms with van der Waals surface area (Å²) in [5, 5.41) is 13.0. The van der Waals surface area contributed by atoms with Crippen molar-refractivity contribution in [3.05, 3.63) is 58.6 Å². The molecule has 0 spiro atoms. The van der Waals surface area contributed by atoms with Crippen molar-refractivity contribution in [3.8, 4) is 11.6 Å². The molecule has 0 amide bonds. The SMILES string of the molecule is O=c1n(-c2ccc3ccccc3c2)c(O)c2n1C1CCC2CC1. The minimum absolute atomic E-state index is 0.0952. The minimum Gasteiger partial charge on any atom is -0.493 e. The third-order valence-corrected chi connectivity index (χ3v) is 5.54. The first-order chi connectivity index (χ1) is 11.2. The Morgan fingerprint density at radius 1 is 0.957 bits per heavy atom. The summed E-state index contributed by atoms with van der Waals surface area (Å²) in [6.07, 6.45) is 4.27. The second-order valence-electron chi connectivity index (χ2n) is 6.73. The molecule has 116 valence electrons. The predicted octanol–water partition coefficient (Wildman–Crippen LogP) is 3.71. The largest absolute Gasteiger partial charge is 0.493 e. The third kappa shape index (κ3) is 1.69. The van der Waals surface area contributed by atoms with E-state index in [2.05, 4.69) is 0 Å². The van der Waals surface area contributed by atoms with Crippen LogP contribution >= 0.6 is 0 Å². The van der Waals surface area contributed by atoms with Gasteiger partial charge in [-0.3, -0.25) is 4.57 Å². The Hall–Kier alpha value is -2.49. The standard InChI is InChI=1S/C19H18N2O2/c22-18-17-13-6-8-15(9-7-13)20(17)19(23)21(18)16-10-5-12-3-1-2-4-14(12)11-16/h1-5,10-11,13,15,22H,6-9H2. The highest BCUT2D eigenvalue weighted by atomic mass is 16.3. The fourth-order valence-electron chi connectivity index (χ4n) is 4.41. The van der Waals surface area contributed by atoms with Crippen molar-refractivity contribution < 1.29 is 5.11 Å². The van der Waals surface area contributed by atoms with E-state index < -0.39 is 0 Å². The molecule has 1 aromatic heterocycles. The maximum absolute atomic E-state index is 12.9. The Bertz CT molecular complexity index is 975. The maximum Gasteiger partial charge on any atom is 0.336 e. The van der Waals surface area contributed by atoms with Crippen LogP contribution in [-0.2, 0) is 0 Å². The number of fused-ring (bicyclic) bond motifs is 3. The molecule has 0 atom stereocenters. The minimum atomic E-state index is -0.0952. The molecule has 2 bridgehead atoms. The summed E-state index contributed by atoms with van der Waals surface area (Å²) in [4.78, 5) is 12.9. The molecule has 4 nitrogen and oxygen atoms in total. The molecule has 23 heavy (non-hydrogen) atoms. The van der Waals surface area contributed by atoms with Crippen molar-refractivity contribution in [3.63, 3.8) is 0 Å². The number of rotatable bonds is 1. The van der Waals surface area contributed by atoms with Gasteiger partial charge in [0.05, 0.1) is 11.4 Å². The quantitative estimate of drug-likeness (QED) is 0.745. The number of imidazole rings is 1. The van der Waals surface area contributed by atoms with E-state index in [1.54, 1.807) is 0 Å². The van der Waals surface area contributed by atoms with Gasteiger partial charge in [-0.05, 0) is 48.6 Å². The Morgan fingerprint density at radius 2 is 1.70 bits per heavy atom. The van der Waals surface area contributed by atoms with Gasteiger partial charge in [0.1, 0.15) is 0 Å². The van der Waals surface area contributed by atoms with Gasteiger partial charge in [-0.15, -0.1) is 0 Å². The topological polar surface area (TPSA) is 47.2 Å². The Balaban J connectivity index is 1.77. The molecule has 1 N–H and O–H groups in total. The Kier molecular flexibility index (Phi) is 2.55. The molecule has 3 heterocycles. The summed E-state index contributed by atoms with van der Waals surface area (Å²) in [5.41, 5.74) is 1.50. The van der Waals surface area contributed by atoms with Crippen LogP contribution in [0.1, 0.15) is 43.3 Å². The summed E-state index contributed by atoms with van der Waals surface area (Å²) in [6.45, 7) is 0. The molecule has 0 saturated heterocycles. The zero-order chi connectivity index (χ0) is 15.6. The highest BCUT2D eigenvalue weighted by Crippen LogP contribution is 2.47. The van der Waals surface area contributed by atoms with Crippen LogP contribution in [0.3, 0.4) is 0 Å². The van der Waals surface area contributed by atoms with Gasteiger partial charge in [-0.1, -0.05) is 30.3 Å². The van der Waals surface area contributed by atoms with Gasteiger partial charge >= 0.3 is 5.69 Å². The monoisotopic (exact) mass is 306 g/mol. The second-order valence-corrected chi connectivity index (χ2v) is 6.73. The normalized spacial score (nSPS) is 22.4. The molecular weight excluding hydrogens is 288 g/mol. The van der Waals surface area contributed by atoms with Crippen LogP contribution in [-0.4, -0.2) is 14.2 Å². The van der Waals surface area contributed by atoms with Crippen molar-refractivity contribution in [1.82, 2.24) is 9.13 Å². The van der Waals surface area contributed by atoms with E-state index in [1.165, 1.54) is 4.57 Å². The first-order valence-corrected chi connectivity index (χ1v) is 8.29. The summed E-state index contributed by atoms with van der Waals surface area (Å²) >= 11 is 0. The maximum atomic E-state index is 12.9.